The van der Waals surface area contributed by atoms with Crippen molar-refractivity contribution in [3.63, 3.8) is 0 Å². The number of para-hydroxylation sites is 2. The Hall–Kier alpha value is -3.21. The van der Waals surface area contributed by atoms with Crippen LogP contribution in [0, 0.1) is 5.92 Å². The molecule has 1 atom stereocenters. The van der Waals surface area contributed by atoms with Crippen LogP contribution in [0.25, 0.3) is 0 Å². The fraction of sp³-hybridized carbons (Fsp3) is 0.423. The lowest BCUT2D eigenvalue weighted by Crippen LogP contribution is -2.20. The number of amides is 1. The van der Waals surface area contributed by atoms with E-state index < -0.39 is 24.1 Å². The number of benzene rings is 2. The van der Waals surface area contributed by atoms with Gasteiger partial charge in [-0.3, -0.25) is 4.79 Å². The Morgan fingerprint density at radius 1 is 1.03 bits per heavy atom. The quantitative estimate of drug-likeness (QED) is 0.271. The number of rotatable bonds is 11. The van der Waals surface area contributed by atoms with Gasteiger partial charge in [0.2, 0.25) is 5.91 Å². The molecule has 0 aliphatic heterocycles. The molecule has 1 heterocycles. The third-order valence-electron chi connectivity index (χ3n) is 5.24. The third kappa shape index (κ3) is 8.41. The molecule has 0 saturated heterocycles. The molecule has 3 aromatic rings. The van der Waals surface area contributed by atoms with Gasteiger partial charge in [-0.1, -0.05) is 63.7 Å². The summed E-state index contributed by atoms with van der Waals surface area (Å²) in [7, 11) is 0. The predicted molar refractivity (Wildman–Crippen MR) is 137 cm³/mol. The summed E-state index contributed by atoms with van der Waals surface area (Å²) in [6, 6.07) is 13.3. The van der Waals surface area contributed by atoms with Crippen LogP contribution in [0.15, 0.2) is 53.7 Å². The lowest BCUT2D eigenvalue weighted by molar-refractivity contribution is -0.274. The van der Waals surface area contributed by atoms with Crippen LogP contribution >= 0.6 is 11.8 Å². The van der Waals surface area contributed by atoms with Crippen molar-refractivity contribution in [1.29, 1.82) is 0 Å². The lowest BCUT2D eigenvalue weighted by atomic mass is 10.0. The van der Waals surface area contributed by atoms with Crippen molar-refractivity contribution in [2.45, 2.75) is 64.7 Å². The van der Waals surface area contributed by atoms with Crippen LogP contribution in [0.3, 0.4) is 0 Å². The summed E-state index contributed by atoms with van der Waals surface area (Å²) in [6.45, 7) is 10.9. The van der Waals surface area contributed by atoms with Gasteiger partial charge in [0.25, 0.3) is 0 Å². The summed E-state index contributed by atoms with van der Waals surface area (Å²) in [4.78, 5) is 12.5. The second-order valence-electron chi connectivity index (χ2n) is 9.21. The summed E-state index contributed by atoms with van der Waals surface area (Å²) < 4.78 is 50.0. The highest BCUT2D eigenvalue weighted by atomic mass is 32.2. The Morgan fingerprint density at radius 3 is 2.32 bits per heavy atom. The fourth-order valence-corrected chi connectivity index (χ4v) is 4.29. The molecule has 0 fully saturated rings. The van der Waals surface area contributed by atoms with Gasteiger partial charge in [0.15, 0.2) is 22.8 Å². The summed E-state index contributed by atoms with van der Waals surface area (Å²) in [6.07, 6.45) is -5.26. The van der Waals surface area contributed by atoms with Gasteiger partial charge in [0, 0.05) is 6.54 Å². The van der Waals surface area contributed by atoms with E-state index in [-0.39, 0.29) is 17.4 Å². The molecule has 0 bridgehead atoms. The van der Waals surface area contributed by atoms with Gasteiger partial charge in [-0.05, 0) is 48.6 Å². The molecular weight excluding hydrogens is 505 g/mol. The zero-order valence-electron chi connectivity index (χ0n) is 21.4. The molecule has 0 spiro atoms. The Bertz CT molecular complexity index is 1180. The minimum absolute atomic E-state index is 0.0692. The topological polar surface area (TPSA) is 78.3 Å². The first kappa shape index (κ1) is 28.4. The molecule has 0 saturated carbocycles. The fourth-order valence-electron chi connectivity index (χ4n) is 3.53. The summed E-state index contributed by atoms with van der Waals surface area (Å²) in [5, 5.41) is 11.6. The van der Waals surface area contributed by atoms with Crippen LogP contribution < -0.4 is 14.8 Å². The molecule has 0 aliphatic rings. The number of nitrogens with one attached hydrogen (secondary N) is 1. The molecule has 1 N–H and O–H groups in total. The maximum absolute atomic E-state index is 12.7. The monoisotopic (exact) mass is 536 g/mol. The number of carbonyl (C=O) groups excluding carboxylic acids is 1. The molecule has 3 rings (SSSR count). The molecule has 0 radical (unpaired) electrons. The van der Waals surface area contributed by atoms with Crippen LogP contribution in [0.1, 0.15) is 58.0 Å². The number of halogens is 3. The van der Waals surface area contributed by atoms with E-state index >= 15 is 0 Å². The zero-order valence-corrected chi connectivity index (χ0v) is 22.2. The minimum atomic E-state index is -4.87. The molecule has 1 aromatic heterocycles. The van der Waals surface area contributed by atoms with Crippen LogP contribution in [-0.2, 0) is 11.3 Å². The van der Waals surface area contributed by atoms with Crippen molar-refractivity contribution in [2.75, 3.05) is 11.1 Å². The summed E-state index contributed by atoms with van der Waals surface area (Å²) >= 11 is 1.14. The third-order valence-corrected chi connectivity index (χ3v) is 6.20. The van der Waals surface area contributed by atoms with Gasteiger partial charge in [-0.2, -0.15) is 0 Å². The maximum Gasteiger partial charge on any atom is 0.573 e. The Balaban J connectivity index is 1.69. The minimum Gasteiger partial charge on any atom is -0.483 e. The van der Waals surface area contributed by atoms with E-state index in [1.54, 1.807) is 0 Å². The standard InChI is InChI=1S/C26H31F3N4O3S/c1-16(2)14-33-24(18(5)35-20-12-10-19(11-13-20)17(3)4)31-32-25(33)37-15-23(34)30-21-8-6-7-9-22(21)36-26(27,28)29/h6-13,16-18H,14-15H2,1-5H3,(H,30,34). The van der Waals surface area contributed by atoms with Crippen LogP contribution in [0.4, 0.5) is 18.9 Å². The highest BCUT2D eigenvalue weighted by molar-refractivity contribution is 7.99. The molecule has 2 aromatic carbocycles. The van der Waals surface area contributed by atoms with E-state index in [9.17, 15) is 18.0 Å². The number of hydrogen-bond acceptors (Lipinski definition) is 6. The van der Waals surface area contributed by atoms with Gasteiger partial charge >= 0.3 is 6.36 Å². The van der Waals surface area contributed by atoms with Crippen molar-refractivity contribution in [3.8, 4) is 11.5 Å². The summed E-state index contributed by atoms with van der Waals surface area (Å²) in [5.74, 6) is 0.958. The van der Waals surface area contributed by atoms with E-state index in [0.717, 1.165) is 17.8 Å². The molecule has 200 valence electrons. The van der Waals surface area contributed by atoms with E-state index in [2.05, 4.69) is 47.9 Å². The van der Waals surface area contributed by atoms with E-state index in [4.69, 9.17) is 4.74 Å². The van der Waals surface area contributed by atoms with Gasteiger partial charge in [-0.25, -0.2) is 0 Å². The smallest absolute Gasteiger partial charge is 0.483 e. The van der Waals surface area contributed by atoms with Gasteiger partial charge in [0.05, 0.1) is 11.4 Å². The molecular formula is C26H31F3N4O3S. The van der Waals surface area contributed by atoms with Crippen molar-refractivity contribution < 1.29 is 27.4 Å². The second-order valence-corrected chi connectivity index (χ2v) is 10.2. The number of hydrogen-bond donors (Lipinski definition) is 1. The normalized spacial score (nSPS) is 12.6. The summed E-state index contributed by atoms with van der Waals surface area (Å²) in [5.41, 5.74) is 1.15. The first-order valence-electron chi connectivity index (χ1n) is 11.9. The van der Waals surface area contributed by atoms with Crippen LogP contribution in [0.2, 0.25) is 0 Å². The first-order valence-corrected chi connectivity index (χ1v) is 12.9. The van der Waals surface area contributed by atoms with E-state index in [1.165, 1.54) is 23.8 Å². The Kier molecular flexibility index (Phi) is 9.47. The number of carbonyl (C=O) groups is 1. The van der Waals surface area contributed by atoms with Crippen molar-refractivity contribution in [1.82, 2.24) is 14.8 Å². The molecule has 11 heteroatoms. The number of nitrogens with zero attached hydrogens (tertiary/aromatic N) is 3. The van der Waals surface area contributed by atoms with E-state index in [0.29, 0.717) is 29.2 Å². The van der Waals surface area contributed by atoms with Gasteiger partial charge in [-0.15, -0.1) is 23.4 Å². The molecule has 7 nitrogen and oxygen atoms in total. The average molecular weight is 537 g/mol. The van der Waals surface area contributed by atoms with Crippen molar-refractivity contribution in [2.24, 2.45) is 5.92 Å². The largest absolute Gasteiger partial charge is 0.573 e. The SMILES string of the molecule is CC(C)Cn1c(SCC(=O)Nc2ccccc2OC(F)(F)F)nnc1C(C)Oc1ccc(C(C)C)cc1. The van der Waals surface area contributed by atoms with Gasteiger partial charge in [0.1, 0.15) is 5.75 Å². The number of aromatic nitrogens is 3. The predicted octanol–water partition coefficient (Wildman–Crippen LogP) is 6.83. The molecule has 0 aliphatic carbocycles. The van der Waals surface area contributed by atoms with Crippen LogP contribution in [-0.4, -0.2) is 32.8 Å². The molecule has 1 unspecified atom stereocenters. The lowest BCUT2D eigenvalue weighted by Gasteiger charge is -2.18. The van der Waals surface area contributed by atoms with Crippen LogP contribution in [0.5, 0.6) is 11.5 Å². The maximum atomic E-state index is 12.7. The zero-order chi connectivity index (χ0) is 27.2. The number of thioether (sulfide) groups is 1. The number of ether oxygens (including phenoxy) is 2. The Labute approximate surface area is 218 Å². The number of anilines is 1. The van der Waals surface area contributed by atoms with Crippen molar-refractivity contribution in [3.05, 3.63) is 59.9 Å². The second kappa shape index (κ2) is 12.4. The highest BCUT2D eigenvalue weighted by Crippen LogP contribution is 2.31. The molecule has 37 heavy (non-hydrogen) atoms. The molecule has 1 amide bonds. The van der Waals surface area contributed by atoms with E-state index in [1.807, 2.05) is 35.8 Å². The number of alkyl halides is 3. The Morgan fingerprint density at radius 2 is 1.70 bits per heavy atom. The highest BCUT2D eigenvalue weighted by Gasteiger charge is 2.32. The first-order chi connectivity index (χ1) is 17.4. The average Bonchev–Trinajstić information content (AvgIpc) is 3.20. The van der Waals surface area contributed by atoms with Gasteiger partial charge < -0.3 is 19.4 Å². The van der Waals surface area contributed by atoms with Crippen molar-refractivity contribution >= 4 is 23.4 Å².